The smallest absolute Gasteiger partial charge is 0.338 e. The van der Waals surface area contributed by atoms with Gasteiger partial charge < -0.3 is 19.5 Å². The fourth-order valence-electron chi connectivity index (χ4n) is 2.02. The van der Waals surface area contributed by atoms with Crippen LogP contribution in [0.15, 0.2) is 42.5 Å². The molecule has 0 bridgehead atoms. The predicted molar refractivity (Wildman–Crippen MR) is 90.3 cm³/mol. The van der Waals surface area contributed by atoms with Gasteiger partial charge in [-0.1, -0.05) is 12.1 Å². The van der Waals surface area contributed by atoms with Crippen LogP contribution in [0.3, 0.4) is 0 Å². The Morgan fingerprint density at radius 1 is 1.00 bits per heavy atom. The van der Waals surface area contributed by atoms with Gasteiger partial charge in [0.25, 0.3) is 5.91 Å². The maximum atomic E-state index is 11.9. The molecule has 0 atom stereocenters. The lowest BCUT2D eigenvalue weighted by molar-refractivity contribution is -0.119. The molecule has 25 heavy (non-hydrogen) atoms. The summed E-state index contributed by atoms with van der Waals surface area (Å²) in [5.41, 5.74) is 1.18. The first-order valence-corrected chi connectivity index (χ1v) is 7.31. The van der Waals surface area contributed by atoms with E-state index < -0.39 is 18.5 Å². The van der Waals surface area contributed by atoms with Crippen molar-refractivity contribution < 1.29 is 28.6 Å². The highest BCUT2D eigenvalue weighted by Gasteiger charge is 2.11. The lowest BCUT2D eigenvalue weighted by atomic mass is 10.1. The average molecular weight is 343 g/mol. The first-order chi connectivity index (χ1) is 12.1. The molecule has 2 rings (SSSR count). The second kappa shape index (κ2) is 8.49. The Labute approximate surface area is 144 Å². The summed E-state index contributed by atoms with van der Waals surface area (Å²) in [7, 11) is 3.00. The molecule has 0 unspecified atom stereocenters. The normalized spacial score (nSPS) is 9.84. The summed E-state index contributed by atoms with van der Waals surface area (Å²) in [4.78, 5) is 34.3. The number of anilines is 1. The summed E-state index contributed by atoms with van der Waals surface area (Å²) < 4.78 is 15.2. The molecular formula is C18H17NO6. The van der Waals surface area contributed by atoms with Crippen LogP contribution >= 0.6 is 0 Å². The van der Waals surface area contributed by atoms with Crippen molar-refractivity contribution in [3.63, 3.8) is 0 Å². The molecule has 7 heteroatoms. The zero-order valence-electron chi connectivity index (χ0n) is 13.8. The fraction of sp³-hybridized carbons (Fsp3) is 0.167. The molecule has 0 fully saturated rings. The number of ether oxygens (including phenoxy) is 3. The van der Waals surface area contributed by atoms with Gasteiger partial charge in [0.1, 0.15) is 6.29 Å². The Morgan fingerprint density at radius 2 is 1.68 bits per heavy atom. The van der Waals surface area contributed by atoms with E-state index in [4.69, 9.17) is 14.2 Å². The zero-order valence-corrected chi connectivity index (χ0v) is 13.8. The van der Waals surface area contributed by atoms with E-state index in [-0.39, 0.29) is 5.56 Å². The SMILES string of the molecule is COc1ccc(NC(=O)COC(=O)c2ccc(C=O)cc2)cc1OC. The number of nitrogens with one attached hydrogen (secondary N) is 1. The minimum Gasteiger partial charge on any atom is -0.493 e. The summed E-state index contributed by atoms with van der Waals surface area (Å²) in [6.45, 7) is -0.442. The second-order valence-corrected chi connectivity index (χ2v) is 4.93. The van der Waals surface area contributed by atoms with E-state index in [1.807, 2.05) is 0 Å². The Balaban J connectivity index is 1.91. The Bertz CT molecular complexity index is 770. The average Bonchev–Trinajstić information content (AvgIpc) is 2.66. The molecule has 0 aliphatic heterocycles. The van der Waals surface area contributed by atoms with E-state index in [1.165, 1.54) is 38.5 Å². The van der Waals surface area contributed by atoms with Gasteiger partial charge in [-0.25, -0.2) is 4.79 Å². The van der Waals surface area contributed by atoms with Crippen molar-refractivity contribution in [2.45, 2.75) is 0 Å². The molecule has 1 amide bonds. The third-order valence-electron chi connectivity index (χ3n) is 3.28. The highest BCUT2D eigenvalue weighted by atomic mass is 16.5. The Hall–Kier alpha value is -3.35. The number of amides is 1. The number of rotatable bonds is 7. The lowest BCUT2D eigenvalue weighted by Gasteiger charge is -2.11. The Kier molecular flexibility index (Phi) is 6.11. The lowest BCUT2D eigenvalue weighted by Crippen LogP contribution is -2.21. The number of carbonyl (C=O) groups excluding carboxylic acids is 3. The number of hydrogen-bond acceptors (Lipinski definition) is 6. The molecule has 0 spiro atoms. The largest absolute Gasteiger partial charge is 0.493 e. The van der Waals surface area contributed by atoms with Gasteiger partial charge >= 0.3 is 5.97 Å². The minimum atomic E-state index is -0.653. The molecule has 0 aromatic heterocycles. The van der Waals surface area contributed by atoms with Gasteiger partial charge in [-0.15, -0.1) is 0 Å². The molecule has 0 saturated heterocycles. The van der Waals surface area contributed by atoms with E-state index in [2.05, 4.69) is 5.32 Å². The van der Waals surface area contributed by atoms with Crippen molar-refractivity contribution in [3.05, 3.63) is 53.6 Å². The summed E-state index contributed by atoms with van der Waals surface area (Å²) in [5.74, 6) is -0.150. The van der Waals surface area contributed by atoms with Gasteiger partial charge in [0.2, 0.25) is 0 Å². The van der Waals surface area contributed by atoms with E-state index in [0.29, 0.717) is 29.0 Å². The molecule has 2 aromatic carbocycles. The van der Waals surface area contributed by atoms with Crippen LogP contribution in [-0.4, -0.2) is 39.0 Å². The van der Waals surface area contributed by atoms with Crippen LogP contribution in [0.5, 0.6) is 11.5 Å². The number of methoxy groups -OCH3 is 2. The molecule has 2 aromatic rings. The summed E-state index contributed by atoms with van der Waals surface area (Å²) in [6, 6.07) is 10.8. The molecule has 0 aliphatic rings. The highest BCUT2D eigenvalue weighted by molar-refractivity contribution is 5.96. The number of aldehydes is 1. The summed E-state index contributed by atoms with van der Waals surface area (Å²) in [6.07, 6.45) is 0.672. The second-order valence-electron chi connectivity index (χ2n) is 4.93. The minimum absolute atomic E-state index is 0.254. The molecule has 0 radical (unpaired) electrons. The quantitative estimate of drug-likeness (QED) is 0.613. The van der Waals surface area contributed by atoms with Gasteiger partial charge in [0.15, 0.2) is 18.1 Å². The van der Waals surface area contributed by atoms with E-state index in [0.717, 1.165) is 0 Å². The molecule has 1 N–H and O–H groups in total. The fourth-order valence-corrected chi connectivity index (χ4v) is 2.02. The van der Waals surface area contributed by atoms with Crippen molar-refractivity contribution in [3.8, 4) is 11.5 Å². The molecule has 0 heterocycles. The van der Waals surface area contributed by atoms with E-state index in [1.54, 1.807) is 18.2 Å². The van der Waals surface area contributed by atoms with Crippen LogP contribution in [-0.2, 0) is 9.53 Å². The zero-order chi connectivity index (χ0) is 18.2. The third-order valence-corrected chi connectivity index (χ3v) is 3.28. The van der Waals surface area contributed by atoms with Crippen LogP contribution in [0, 0.1) is 0 Å². The molecule has 0 aliphatic carbocycles. The number of hydrogen-bond donors (Lipinski definition) is 1. The van der Waals surface area contributed by atoms with E-state index >= 15 is 0 Å². The van der Waals surface area contributed by atoms with Gasteiger partial charge in [-0.05, 0) is 24.3 Å². The number of carbonyl (C=O) groups is 3. The molecule has 130 valence electrons. The van der Waals surface area contributed by atoms with Crippen molar-refractivity contribution in [1.29, 1.82) is 0 Å². The van der Waals surface area contributed by atoms with Crippen molar-refractivity contribution in [1.82, 2.24) is 0 Å². The van der Waals surface area contributed by atoms with Crippen molar-refractivity contribution >= 4 is 23.9 Å². The topological polar surface area (TPSA) is 90.9 Å². The van der Waals surface area contributed by atoms with Gasteiger partial charge in [-0.3, -0.25) is 9.59 Å². The van der Waals surface area contributed by atoms with Crippen LogP contribution in [0.4, 0.5) is 5.69 Å². The summed E-state index contributed by atoms with van der Waals surface area (Å²) >= 11 is 0. The van der Waals surface area contributed by atoms with E-state index in [9.17, 15) is 14.4 Å². The van der Waals surface area contributed by atoms with Crippen LogP contribution in [0.2, 0.25) is 0 Å². The first-order valence-electron chi connectivity index (χ1n) is 7.31. The monoisotopic (exact) mass is 343 g/mol. The van der Waals surface area contributed by atoms with Gasteiger partial charge in [0.05, 0.1) is 19.8 Å². The number of benzene rings is 2. The van der Waals surface area contributed by atoms with Crippen molar-refractivity contribution in [2.75, 3.05) is 26.1 Å². The van der Waals surface area contributed by atoms with Crippen molar-refractivity contribution in [2.24, 2.45) is 0 Å². The maximum absolute atomic E-state index is 11.9. The first kappa shape index (κ1) is 18.0. The summed E-state index contributed by atoms with van der Waals surface area (Å²) in [5, 5.41) is 2.59. The predicted octanol–water partition coefficient (Wildman–Crippen LogP) is 2.31. The van der Waals surface area contributed by atoms with Crippen LogP contribution in [0.25, 0.3) is 0 Å². The van der Waals surface area contributed by atoms with Crippen LogP contribution in [0.1, 0.15) is 20.7 Å². The number of esters is 1. The highest BCUT2D eigenvalue weighted by Crippen LogP contribution is 2.29. The maximum Gasteiger partial charge on any atom is 0.338 e. The Morgan fingerprint density at radius 3 is 2.28 bits per heavy atom. The molecule has 0 saturated carbocycles. The van der Waals surface area contributed by atoms with Crippen LogP contribution < -0.4 is 14.8 Å². The van der Waals surface area contributed by atoms with Gasteiger partial charge in [0, 0.05) is 17.3 Å². The molecular weight excluding hydrogens is 326 g/mol. The molecule has 7 nitrogen and oxygen atoms in total. The standard InChI is InChI=1S/C18H17NO6/c1-23-15-8-7-14(9-16(15)24-2)19-17(21)11-25-18(22)13-5-3-12(10-20)4-6-13/h3-10H,11H2,1-2H3,(H,19,21). The van der Waals surface area contributed by atoms with Gasteiger partial charge in [-0.2, -0.15) is 0 Å². The third kappa shape index (κ3) is 4.81.